The van der Waals surface area contributed by atoms with Gasteiger partial charge in [0.2, 0.25) is 5.91 Å². The largest absolute Gasteiger partial charge is 0.496 e. The lowest BCUT2D eigenvalue weighted by molar-refractivity contribution is -0.122. The number of nitrogens with one attached hydrogen (secondary N) is 1. The Morgan fingerprint density at radius 3 is 2.83 bits per heavy atom. The van der Waals surface area contributed by atoms with Gasteiger partial charge in [-0.2, -0.15) is 0 Å². The van der Waals surface area contributed by atoms with Crippen molar-refractivity contribution < 1.29 is 9.53 Å². The first-order chi connectivity index (χ1) is 11.6. The molecule has 24 heavy (non-hydrogen) atoms. The Bertz CT molecular complexity index is 655. The molecule has 1 unspecified atom stereocenters. The lowest BCUT2D eigenvalue weighted by Crippen LogP contribution is -2.38. The predicted molar refractivity (Wildman–Crippen MR) is 99.3 cm³/mol. The fraction of sp³-hybridized carbons (Fsp3) is 0.316. The van der Waals surface area contributed by atoms with E-state index in [0.717, 1.165) is 17.9 Å². The Morgan fingerprint density at radius 1 is 1.38 bits per heavy atom. The van der Waals surface area contributed by atoms with E-state index in [9.17, 15) is 4.79 Å². The van der Waals surface area contributed by atoms with E-state index in [1.807, 2.05) is 48.7 Å². The minimum atomic E-state index is -0.110. The van der Waals surface area contributed by atoms with Crippen LogP contribution in [0, 0.1) is 0 Å². The zero-order valence-electron chi connectivity index (χ0n) is 14.2. The number of thiophene rings is 1. The second-order valence-electron chi connectivity index (χ2n) is 5.57. The van der Waals surface area contributed by atoms with Crippen LogP contribution < -0.4 is 10.1 Å². The molecule has 2 rings (SSSR count). The Labute approximate surface area is 147 Å². The van der Waals surface area contributed by atoms with Gasteiger partial charge in [-0.25, -0.2) is 0 Å². The first-order valence-corrected chi connectivity index (χ1v) is 8.80. The van der Waals surface area contributed by atoms with Gasteiger partial charge in [-0.15, -0.1) is 17.9 Å². The van der Waals surface area contributed by atoms with Crippen LogP contribution in [0.15, 0.2) is 54.4 Å². The van der Waals surface area contributed by atoms with Crippen molar-refractivity contribution in [3.63, 3.8) is 0 Å². The van der Waals surface area contributed by atoms with Gasteiger partial charge in [0.05, 0.1) is 19.7 Å². The highest BCUT2D eigenvalue weighted by atomic mass is 32.1. The molecular formula is C19H24N2O2S. The van der Waals surface area contributed by atoms with Gasteiger partial charge in [0, 0.05) is 23.5 Å². The summed E-state index contributed by atoms with van der Waals surface area (Å²) in [6.45, 7) is 7.51. The van der Waals surface area contributed by atoms with Gasteiger partial charge < -0.3 is 10.1 Å². The van der Waals surface area contributed by atoms with E-state index in [-0.39, 0.29) is 11.9 Å². The SMILES string of the molecule is C=CCN(CC(=O)NC(C)c1ccccc1OC)Cc1cccs1. The zero-order valence-corrected chi connectivity index (χ0v) is 15.0. The van der Waals surface area contributed by atoms with E-state index in [1.54, 1.807) is 18.4 Å². The number of benzene rings is 1. The Morgan fingerprint density at radius 2 is 2.17 bits per heavy atom. The van der Waals surface area contributed by atoms with Crippen molar-refractivity contribution in [3.05, 3.63) is 64.9 Å². The maximum absolute atomic E-state index is 12.4. The summed E-state index contributed by atoms with van der Waals surface area (Å²) in [6, 6.07) is 11.7. The van der Waals surface area contributed by atoms with Crippen LogP contribution in [0.2, 0.25) is 0 Å². The highest BCUT2D eigenvalue weighted by Crippen LogP contribution is 2.24. The van der Waals surface area contributed by atoms with Crippen molar-refractivity contribution in [1.82, 2.24) is 10.2 Å². The summed E-state index contributed by atoms with van der Waals surface area (Å²) < 4.78 is 5.36. The number of hydrogen-bond acceptors (Lipinski definition) is 4. The highest BCUT2D eigenvalue weighted by Gasteiger charge is 2.16. The molecule has 0 saturated heterocycles. The van der Waals surface area contributed by atoms with E-state index in [2.05, 4.69) is 22.9 Å². The van der Waals surface area contributed by atoms with Crippen LogP contribution in [-0.4, -0.2) is 31.0 Å². The van der Waals surface area contributed by atoms with E-state index in [4.69, 9.17) is 4.74 Å². The maximum atomic E-state index is 12.4. The zero-order chi connectivity index (χ0) is 17.4. The Kier molecular flexibility index (Phi) is 7.03. The standard InChI is InChI=1S/C19H24N2O2S/c1-4-11-21(13-16-8-7-12-24-16)14-19(22)20-15(2)17-9-5-6-10-18(17)23-3/h4-10,12,15H,1,11,13-14H2,2-3H3,(H,20,22). The van der Waals surface area contributed by atoms with E-state index in [1.165, 1.54) is 4.88 Å². The maximum Gasteiger partial charge on any atom is 0.234 e. The van der Waals surface area contributed by atoms with Gasteiger partial charge >= 0.3 is 0 Å². The average Bonchev–Trinajstić information content (AvgIpc) is 3.07. The molecule has 0 saturated carbocycles. The lowest BCUT2D eigenvalue weighted by Gasteiger charge is -2.22. The number of carbonyl (C=O) groups excluding carboxylic acids is 1. The Balaban J connectivity index is 1.95. The van der Waals surface area contributed by atoms with Gasteiger partial charge in [0.15, 0.2) is 0 Å². The number of amides is 1. The predicted octanol–water partition coefficient (Wildman–Crippen LogP) is 3.62. The minimum absolute atomic E-state index is 0.00758. The fourth-order valence-electron chi connectivity index (χ4n) is 2.58. The van der Waals surface area contributed by atoms with E-state index in [0.29, 0.717) is 13.1 Å². The molecule has 1 atom stereocenters. The summed E-state index contributed by atoms with van der Waals surface area (Å²) in [4.78, 5) is 15.7. The average molecular weight is 344 g/mol. The summed E-state index contributed by atoms with van der Waals surface area (Å²) in [5.74, 6) is 0.777. The third-order valence-electron chi connectivity index (χ3n) is 3.70. The fourth-order valence-corrected chi connectivity index (χ4v) is 3.33. The second-order valence-corrected chi connectivity index (χ2v) is 6.60. The molecule has 1 N–H and O–H groups in total. The van der Waals surface area contributed by atoms with Gasteiger partial charge in [-0.05, 0) is 24.4 Å². The van der Waals surface area contributed by atoms with Crippen molar-refractivity contribution in [2.24, 2.45) is 0 Å². The molecule has 4 nitrogen and oxygen atoms in total. The van der Waals surface area contributed by atoms with Crippen LogP contribution in [0.5, 0.6) is 5.75 Å². The molecule has 1 aromatic carbocycles. The summed E-state index contributed by atoms with van der Waals surface area (Å²) in [7, 11) is 1.64. The molecule has 2 aromatic rings. The normalized spacial score (nSPS) is 12.0. The molecular weight excluding hydrogens is 320 g/mol. The number of methoxy groups -OCH3 is 1. The van der Waals surface area contributed by atoms with Crippen molar-refractivity contribution in [2.45, 2.75) is 19.5 Å². The topological polar surface area (TPSA) is 41.6 Å². The Hall–Kier alpha value is -2.11. The molecule has 5 heteroatoms. The van der Waals surface area contributed by atoms with Gasteiger partial charge in [0.1, 0.15) is 5.75 Å². The minimum Gasteiger partial charge on any atom is -0.496 e. The third kappa shape index (κ3) is 5.22. The van der Waals surface area contributed by atoms with Crippen molar-refractivity contribution in [2.75, 3.05) is 20.2 Å². The van der Waals surface area contributed by atoms with Crippen LogP contribution >= 0.6 is 11.3 Å². The summed E-state index contributed by atoms with van der Waals surface area (Å²) in [5.41, 5.74) is 0.974. The second kappa shape index (κ2) is 9.25. The number of nitrogens with zero attached hydrogens (tertiary/aromatic N) is 1. The van der Waals surface area contributed by atoms with Gasteiger partial charge in [0.25, 0.3) is 0 Å². The van der Waals surface area contributed by atoms with Crippen LogP contribution in [0.4, 0.5) is 0 Å². The van der Waals surface area contributed by atoms with Crippen molar-refractivity contribution >= 4 is 17.2 Å². The smallest absolute Gasteiger partial charge is 0.234 e. The molecule has 0 aliphatic carbocycles. The number of hydrogen-bond donors (Lipinski definition) is 1. The molecule has 1 heterocycles. The molecule has 0 aliphatic rings. The molecule has 128 valence electrons. The summed E-state index contributed by atoms with van der Waals surface area (Å²) in [6.07, 6.45) is 1.82. The van der Waals surface area contributed by atoms with E-state index < -0.39 is 0 Å². The first kappa shape index (κ1) is 18.2. The van der Waals surface area contributed by atoms with Crippen LogP contribution in [-0.2, 0) is 11.3 Å². The molecule has 0 spiro atoms. The quantitative estimate of drug-likeness (QED) is 0.707. The van der Waals surface area contributed by atoms with E-state index >= 15 is 0 Å². The van der Waals surface area contributed by atoms with Crippen molar-refractivity contribution in [1.29, 1.82) is 0 Å². The van der Waals surface area contributed by atoms with Crippen molar-refractivity contribution in [3.8, 4) is 5.75 Å². The molecule has 1 amide bonds. The number of rotatable bonds is 9. The van der Waals surface area contributed by atoms with Gasteiger partial charge in [-0.3, -0.25) is 9.69 Å². The first-order valence-electron chi connectivity index (χ1n) is 7.92. The summed E-state index contributed by atoms with van der Waals surface area (Å²) >= 11 is 1.70. The number of ether oxygens (including phenoxy) is 1. The summed E-state index contributed by atoms with van der Waals surface area (Å²) in [5, 5.41) is 5.09. The monoisotopic (exact) mass is 344 g/mol. The molecule has 0 bridgehead atoms. The third-order valence-corrected chi connectivity index (χ3v) is 4.56. The van der Waals surface area contributed by atoms with Crippen LogP contribution in [0.25, 0.3) is 0 Å². The highest BCUT2D eigenvalue weighted by molar-refractivity contribution is 7.09. The number of para-hydroxylation sites is 1. The van der Waals surface area contributed by atoms with Crippen LogP contribution in [0.3, 0.4) is 0 Å². The van der Waals surface area contributed by atoms with Gasteiger partial charge in [-0.1, -0.05) is 30.3 Å². The molecule has 1 aromatic heterocycles. The lowest BCUT2D eigenvalue weighted by atomic mass is 10.1. The molecule has 0 aliphatic heterocycles. The number of carbonyl (C=O) groups is 1. The van der Waals surface area contributed by atoms with Crippen LogP contribution in [0.1, 0.15) is 23.4 Å². The molecule has 0 fully saturated rings. The molecule has 0 radical (unpaired) electrons.